The Morgan fingerprint density at radius 2 is 1.81 bits per heavy atom. The molecule has 0 spiro atoms. The van der Waals surface area contributed by atoms with Crippen molar-refractivity contribution in [3.8, 4) is 22.8 Å². The summed E-state index contributed by atoms with van der Waals surface area (Å²) in [4.78, 5) is 10.0. The molecule has 0 aliphatic carbocycles. The monoisotopic (exact) mass is 442 g/mol. The first-order valence-electron chi connectivity index (χ1n) is 10.5. The van der Waals surface area contributed by atoms with E-state index in [0.29, 0.717) is 19.8 Å². The fourth-order valence-corrected chi connectivity index (χ4v) is 4.28. The van der Waals surface area contributed by atoms with Crippen LogP contribution in [0.15, 0.2) is 88.4 Å². The number of benzene rings is 2. The SMILES string of the molecule is C(=N/n1c(-c2ccc3c(c2)OCCO3)csc1=NCCc1ccccc1)/c1ccccn1. The lowest BCUT2D eigenvalue weighted by Gasteiger charge is -2.18. The van der Waals surface area contributed by atoms with Crippen LogP contribution in [0.3, 0.4) is 0 Å². The largest absolute Gasteiger partial charge is 0.486 e. The van der Waals surface area contributed by atoms with E-state index in [-0.39, 0.29) is 0 Å². The molecular formula is C25H22N4O2S. The van der Waals surface area contributed by atoms with E-state index < -0.39 is 0 Å². The molecule has 2 aromatic carbocycles. The van der Waals surface area contributed by atoms with Crippen LogP contribution < -0.4 is 14.3 Å². The lowest BCUT2D eigenvalue weighted by molar-refractivity contribution is 0.171. The molecule has 0 radical (unpaired) electrons. The summed E-state index contributed by atoms with van der Waals surface area (Å²) >= 11 is 1.57. The van der Waals surface area contributed by atoms with Gasteiger partial charge in [0, 0.05) is 23.7 Å². The third-order valence-corrected chi connectivity index (χ3v) is 5.86. The molecule has 1 aliphatic heterocycles. The van der Waals surface area contributed by atoms with Crippen LogP contribution in [0, 0.1) is 0 Å². The van der Waals surface area contributed by atoms with Crippen LogP contribution in [-0.2, 0) is 6.42 Å². The van der Waals surface area contributed by atoms with Crippen LogP contribution in [0.25, 0.3) is 11.3 Å². The molecule has 3 heterocycles. The fraction of sp³-hybridized carbons (Fsp3) is 0.160. The Kier molecular flexibility index (Phi) is 6.07. The Bertz CT molecular complexity index is 1280. The molecule has 4 aromatic rings. The number of fused-ring (bicyclic) bond motifs is 1. The van der Waals surface area contributed by atoms with Crippen LogP contribution in [0.1, 0.15) is 11.3 Å². The third-order valence-electron chi connectivity index (χ3n) is 5.01. The van der Waals surface area contributed by atoms with Crippen LogP contribution >= 0.6 is 11.3 Å². The van der Waals surface area contributed by atoms with Gasteiger partial charge in [-0.1, -0.05) is 36.4 Å². The van der Waals surface area contributed by atoms with Crippen molar-refractivity contribution in [1.29, 1.82) is 0 Å². The highest BCUT2D eigenvalue weighted by Crippen LogP contribution is 2.34. The Morgan fingerprint density at radius 3 is 2.66 bits per heavy atom. The van der Waals surface area contributed by atoms with Crippen molar-refractivity contribution in [2.24, 2.45) is 10.1 Å². The van der Waals surface area contributed by atoms with Gasteiger partial charge in [-0.05, 0) is 42.3 Å². The molecule has 0 N–H and O–H groups in total. The number of hydrogen-bond donors (Lipinski definition) is 0. The van der Waals surface area contributed by atoms with Crippen LogP contribution in [0.4, 0.5) is 0 Å². The van der Waals surface area contributed by atoms with Gasteiger partial charge < -0.3 is 9.47 Å². The molecule has 2 aromatic heterocycles. The molecule has 0 bridgehead atoms. The van der Waals surface area contributed by atoms with Crippen molar-refractivity contribution < 1.29 is 9.47 Å². The van der Waals surface area contributed by atoms with E-state index in [1.165, 1.54) is 5.56 Å². The Balaban J connectivity index is 1.50. The predicted octanol–water partition coefficient (Wildman–Crippen LogP) is 4.41. The normalized spacial score (nSPS) is 13.6. The third kappa shape index (κ3) is 4.63. The maximum Gasteiger partial charge on any atom is 0.206 e. The molecule has 0 amide bonds. The Morgan fingerprint density at radius 1 is 0.969 bits per heavy atom. The highest BCUT2D eigenvalue weighted by Gasteiger charge is 2.15. The van der Waals surface area contributed by atoms with Crippen molar-refractivity contribution in [2.45, 2.75) is 6.42 Å². The second-order valence-electron chi connectivity index (χ2n) is 7.19. The lowest BCUT2D eigenvalue weighted by Crippen LogP contribution is -2.16. The molecule has 0 atom stereocenters. The van der Waals surface area contributed by atoms with E-state index in [2.05, 4.69) is 34.6 Å². The summed E-state index contributed by atoms with van der Waals surface area (Å²) in [6.07, 6.45) is 4.39. The van der Waals surface area contributed by atoms with E-state index >= 15 is 0 Å². The van der Waals surface area contributed by atoms with Gasteiger partial charge in [-0.15, -0.1) is 11.3 Å². The number of nitrogens with zero attached hydrogens (tertiary/aromatic N) is 4. The van der Waals surface area contributed by atoms with Crippen LogP contribution in [0.5, 0.6) is 11.5 Å². The van der Waals surface area contributed by atoms with Gasteiger partial charge in [0.25, 0.3) is 0 Å². The lowest BCUT2D eigenvalue weighted by atomic mass is 10.1. The predicted molar refractivity (Wildman–Crippen MR) is 127 cm³/mol. The molecule has 160 valence electrons. The van der Waals surface area contributed by atoms with Crippen molar-refractivity contribution in [3.05, 3.63) is 94.4 Å². The first-order chi connectivity index (χ1) is 15.9. The second kappa shape index (κ2) is 9.62. The number of aromatic nitrogens is 2. The number of thiazole rings is 1. The molecule has 0 saturated heterocycles. The molecule has 1 aliphatic rings. The van der Waals surface area contributed by atoms with Gasteiger partial charge in [-0.2, -0.15) is 5.10 Å². The zero-order chi connectivity index (χ0) is 21.6. The number of pyridine rings is 1. The Labute approximate surface area is 190 Å². The van der Waals surface area contributed by atoms with Crippen molar-refractivity contribution in [1.82, 2.24) is 9.66 Å². The second-order valence-corrected chi connectivity index (χ2v) is 8.03. The molecule has 5 rings (SSSR count). The highest BCUT2D eigenvalue weighted by molar-refractivity contribution is 7.07. The van der Waals surface area contributed by atoms with Gasteiger partial charge in [0.2, 0.25) is 4.80 Å². The van der Waals surface area contributed by atoms with Crippen molar-refractivity contribution in [2.75, 3.05) is 19.8 Å². The summed E-state index contributed by atoms with van der Waals surface area (Å²) < 4.78 is 13.3. The first-order valence-corrected chi connectivity index (χ1v) is 11.4. The van der Waals surface area contributed by atoms with E-state index in [4.69, 9.17) is 19.6 Å². The van der Waals surface area contributed by atoms with Crippen LogP contribution in [0.2, 0.25) is 0 Å². The summed E-state index contributed by atoms with van der Waals surface area (Å²) in [5, 5.41) is 6.80. The minimum absolute atomic E-state index is 0.554. The van der Waals surface area contributed by atoms with Gasteiger partial charge in [0.15, 0.2) is 11.5 Å². The van der Waals surface area contributed by atoms with Gasteiger partial charge >= 0.3 is 0 Å². The van der Waals surface area contributed by atoms with E-state index in [9.17, 15) is 0 Å². The van der Waals surface area contributed by atoms with E-state index in [1.807, 2.05) is 47.1 Å². The summed E-state index contributed by atoms with van der Waals surface area (Å²) in [7, 11) is 0. The maximum atomic E-state index is 5.77. The Hall–Kier alpha value is -3.71. The van der Waals surface area contributed by atoms with Gasteiger partial charge in [-0.25, -0.2) is 4.68 Å². The minimum atomic E-state index is 0.554. The molecule has 0 fully saturated rings. The summed E-state index contributed by atoms with van der Waals surface area (Å²) in [6, 6.07) is 22.1. The molecule has 32 heavy (non-hydrogen) atoms. The standard InChI is InChI=1S/C25H22N4O2S/c1-2-6-19(7-3-1)11-13-27-25-29(28-17-21-8-4-5-12-26-21)22(18-32-25)20-9-10-23-24(16-20)31-15-14-30-23/h1-10,12,16-18H,11,13-15H2/b27-25?,28-17-. The minimum Gasteiger partial charge on any atom is -0.486 e. The smallest absolute Gasteiger partial charge is 0.206 e. The van der Waals surface area contributed by atoms with Crippen molar-refractivity contribution >= 4 is 17.6 Å². The summed E-state index contributed by atoms with van der Waals surface area (Å²) in [5.74, 6) is 1.52. The molecular weight excluding hydrogens is 420 g/mol. The first kappa shape index (κ1) is 20.2. The molecule has 7 heteroatoms. The molecule has 6 nitrogen and oxygen atoms in total. The fourth-order valence-electron chi connectivity index (χ4n) is 3.41. The summed E-state index contributed by atoms with van der Waals surface area (Å²) in [5.41, 5.74) is 3.99. The quantitative estimate of drug-likeness (QED) is 0.416. The molecule has 0 saturated carbocycles. The average molecular weight is 443 g/mol. The number of rotatable bonds is 6. The van der Waals surface area contributed by atoms with E-state index in [1.54, 1.807) is 23.7 Å². The van der Waals surface area contributed by atoms with E-state index in [0.717, 1.165) is 39.7 Å². The van der Waals surface area contributed by atoms with Gasteiger partial charge in [0.05, 0.1) is 17.6 Å². The zero-order valence-corrected chi connectivity index (χ0v) is 18.2. The molecule has 0 unspecified atom stereocenters. The van der Waals surface area contributed by atoms with Gasteiger partial charge in [0.1, 0.15) is 13.2 Å². The topological polar surface area (TPSA) is 61.0 Å². The summed E-state index contributed by atoms with van der Waals surface area (Å²) in [6.45, 7) is 1.81. The van der Waals surface area contributed by atoms with Crippen LogP contribution in [-0.4, -0.2) is 35.6 Å². The van der Waals surface area contributed by atoms with Crippen molar-refractivity contribution in [3.63, 3.8) is 0 Å². The highest BCUT2D eigenvalue weighted by atomic mass is 32.1. The number of hydrogen-bond acceptors (Lipinski definition) is 6. The zero-order valence-electron chi connectivity index (χ0n) is 17.4. The van der Waals surface area contributed by atoms with Gasteiger partial charge in [-0.3, -0.25) is 9.98 Å². The average Bonchev–Trinajstić information content (AvgIpc) is 3.26. The number of ether oxygens (including phenoxy) is 2. The maximum absolute atomic E-state index is 5.77.